The number of rotatable bonds is 5. The van der Waals surface area contributed by atoms with E-state index in [1.165, 1.54) is 5.56 Å². The second-order valence-corrected chi connectivity index (χ2v) is 5.48. The Balaban J connectivity index is 2.71. The van der Waals surface area contributed by atoms with Crippen LogP contribution in [-0.2, 0) is 10.2 Å². The van der Waals surface area contributed by atoms with Crippen LogP contribution in [0.15, 0.2) is 35.9 Å². The summed E-state index contributed by atoms with van der Waals surface area (Å²) < 4.78 is 5.58. The van der Waals surface area contributed by atoms with Gasteiger partial charge in [-0.15, -0.1) is 0 Å². The van der Waals surface area contributed by atoms with Gasteiger partial charge in [0.05, 0.1) is 0 Å². The third kappa shape index (κ3) is 4.78. The molecule has 104 valence electrons. The van der Waals surface area contributed by atoms with Gasteiger partial charge in [-0.25, -0.2) is 4.79 Å². The molecule has 0 heterocycles. The Labute approximate surface area is 114 Å². The van der Waals surface area contributed by atoms with Crippen LogP contribution < -0.4 is 4.74 Å². The van der Waals surface area contributed by atoms with Gasteiger partial charge in [-0.2, -0.15) is 0 Å². The van der Waals surface area contributed by atoms with E-state index in [4.69, 9.17) is 9.84 Å². The average molecular weight is 262 g/mol. The molecule has 0 atom stereocenters. The van der Waals surface area contributed by atoms with Crippen molar-refractivity contribution in [1.82, 2.24) is 0 Å². The predicted molar refractivity (Wildman–Crippen MR) is 76.6 cm³/mol. The first kappa shape index (κ1) is 15.3. The minimum Gasteiger partial charge on any atom is -0.490 e. The minimum absolute atomic E-state index is 0.0743. The monoisotopic (exact) mass is 262 g/mol. The van der Waals surface area contributed by atoms with Gasteiger partial charge in [-0.1, -0.05) is 39.8 Å². The molecule has 0 saturated heterocycles. The second kappa shape index (κ2) is 6.41. The van der Waals surface area contributed by atoms with E-state index in [-0.39, 0.29) is 12.0 Å². The van der Waals surface area contributed by atoms with Crippen molar-refractivity contribution >= 4 is 5.97 Å². The Bertz CT molecular complexity index is 467. The van der Waals surface area contributed by atoms with E-state index >= 15 is 0 Å². The number of carboxylic acid groups (broad SMARTS) is 1. The molecule has 0 bridgehead atoms. The predicted octanol–water partition coefficient (Wildman–Crippen LogP) is 3.78. The highest BCUT2D eigenvalue weighted by atomic mass is 16.5. The first-order valence-corrected chi connectivity index (χ1v) is 6.50. The average Bonchev–Trinajstić information content (AvgIpc) is 2.33. The van der Waals surface area contributed by atoms with E-state index in [0.717, 1.165) is 5.75 Å². The van der Waals surface area contributed by atoms with Gasteiger partial charge in [-0.05, 0) is 35.6 Å². The molecule has 0 aromatic heterocycles. The number of aliphatic carboxylic acids is 1. The molecule has 0 amide bonds. The lowest BCUT2D eigenvalue weighted by molar-refractivity contribution is -0.132. The maximum atomic E-state index is 10.8. The van der Waals surface area contributed by atoms with E-state index < -0.39 is 5.97 Å². The molecule has 0 aliphatic carbocycles. The van der Waals surface area contributed by atoms with Crippen LogP contribution in [0.4, 0.5) is 0 Å². The molecule has 0 saturated carbocycles. The van der Waals surface area contributed by atoms with Crippen molar-refractivity contribution in [1.29, 1.82) is 0 Å². The summed E-state index contributed by atoms with van der Waals surface area (Å²) in [5.41, 5.74) is 1.65. The number of hydrogen-bond donors (Lipinski definition) is 1. The zero-order valence-electron chi connectivity index (χ0n) is 12.1. The maximum absolute atomic E-state index is 10.8. The quantitative estimate of drug-likeness (QED) is 0.821. The van der Waals surface area contributed by atoms with Gasteiger partial charge in [0, 0.05) is 5.57 Å². The zero-order chi connectivity index (χ0) is 14.5. The molecule has 19 heavy (non-hydrogen) atoms. The minimum atomic E-state index is -0.880. The van der Waals surface area contributed by atoms with Crippen molar-refractivity contribution in [2.75, 3.05) is 6.61 Å². The third-order valence-electron chi connectivity index (χ3n) is 2.94. The fourth-order valence-electron chi connectivity index (χ4n) is 1.67. The maximum Gasteiger partial charge on any atom is 0.331 e. The fourth-order valence-corrected chi connectivity index (χ4v) is 1.67. The van der Waals surface area contributed by atoms with Gasteiger partial charge in [0.25, 0.3) is 0 Å². The smallest absolute Gasteiger partial charge is 0.331 e. The normalized spacial score (nSPS) is 12.3. The standard InChI is InChI=1S/C16H22O3/c1-5-12(15(17)18)9-10-19-14-8-6-7-13(11-14)16(2,3)4/h6-9,11H,5,10H2,1-4H3,(H,17,18). The summed E-state index contributed by atoms with van der Waals surface area (Å²) in [6.07, 6.45) is 2.12. The molecular weight excluding hydrogens is 240 g/mol. The van der Waals surface area contributed by atoms with Crippen LogP contribution in [-0.4, -0.2) is 17.7 Å². The molecule has 0 aliphatic heterocycles. The topological polar surface area (TPSA) is 46.5 Å². The first-order valence-electron chi connectivity index (χ1n) is 6.50. The van der Waals surface area contributed by atoms with Crippen molar-refractivity contribution in [2.45, 2.75) is 39.5 Å². The molecule has 3 heteroatoms. The van der Waals surface area contributed by atoms with E-state index in [9.17, 15) is 4.79 Å². The zero-order valence-corrected chi connectivity index (χ0v) is 12.1. The van der Waals surface area contributed by atoms with Crippen LogP contribution in [0.1, 0.15) is 39.7 Å². The molecule has 0 unspecified atom stereocenters. The Morgan fingerprint density at radius 2 is 2.05 bits per heavy atom. The summed E-state index contributed by atoms with van der Waals surface area (Å²) in [4.78, 5) is 10.8. The van der Waals surface area contributed by atoms with Crippen molar-refractivity contribution in [3.05, 3.63) is 41.5 Å². The van der Waals surface area contributed by atoms with Crippen molar-refractivity contribution in [2.24, 2.45) is 0 Å². The lowest BCUT2D eigenvalue weighted by Crippen LogP contribution is -2.11. The van der Waals surface area contributed by atoms with E-state index in [2.05, 4.69) is 26.8 Å². The SMILES string of the molecule is CCC(=CCOc1cccc(C(C)(C)C)c1)C(=O)O. The molecule has 0 radical (unpaired) electrons. The lowest BCUT2D eigenvalue weighted by Gasteiger charge is -2.19. The van der Waals surface area contributed by atoms with E-state index in [1.807, 2.05) is 25.1 Å². The van der Waals surface area contributed by atoms with Crippen LogP contribution in [0.5, 0.6) is 5.75 Å². The van der Waals surface area contributed by atoms with Crippen molar-refractivity contribution in [3.63, 3.8) is 0 Å². The van der Waals surface area contributed by atoms with Gasteiger partial charge in [0.2, 0.25) is 0 Å². The van der Waals surface area contributed by atoms with Crippen LogP contribution >= 0.6 is 0 Å². The van der Waals surface area contributed by atoms with Crippen molar-refractivity contribution < 1.29 is 14.6 Å². The molecule has 1 rings (SSSR count). The Morgan fingerprint density at radius 3 is 2.58 bits per heavy atom. The fraction of sp³-hybridized carbons (Fsp3) is 0.438. The summed E-state index contributed by atoms with van der Waals surface area (Å²) in [6.45, 7) is 8.53. The van der Waals surface area contributed by atoms with Crippen LogP contribution in [0.3, 0.4) is 0 Å². The Kier molecular flexibility index (Phi) is 5.16. The number of benzene rings is 1. The summed E-state index contributed by atoms with van der Waals surface area (Å²) in [5, 5.41) is 8.90. The van der Waals surface area contributed by atoms with Gasteiger partial charge < -0.3 is 9.84 Å². The number of carbonyl (C=O) groups is 1. The summed E-state index contributed by atoms with van der Waals surface area (Å²) in [7, 11) is 0. The molecule has 0 spiro atoms. The number of hydrogen-bond acceptors (Lipinski definition) is 2. The summed E-state index contributed by atoms with van der Waals surface area (Å²) in [6, 6.07) is 7.91. The number of carboxylic acids is 1. The van der Waals surface area contributed by atoms with Gasteiger partial charge in [0.1, 0.15) is 12.4 Å². The largest absolute Gasteiger partial charge is 0.490 e. The van der Waals surface area contributed by atoms with E-state index in [1.54, 1.807) is 6.08 Å². The molecule has 1 N–H and O–H groups in total. The molecule has 0 fully saturated rings. The first-order chi connectivity index (χ1) is 8.84. The summed E-state index contributed by atoms with van der Waals surface area (Å²) in [5.74, 6) is -0.112. The Morgan fingerprint density at radius 1 is 1.37 bits per heavy atom. The van der Waals surface area contributed by atoms with Crippen LogP contribution in [0, 0.1) is 0 Å². The molecular formula is C16H22O3. The molecule has 1 aromatic carbocycles. The van der Waals surface area contributed by atoms with Gasteiger partial charge in [0.15, 0.2) is 0 Å². The Hall–Kier alpha value is -1.77. The molecule has 3 nitrogen and oxygen atoms in total. The van der Waals surface area contributed by atoms with Gasteiger partial charge >= 0.3 is 5.97 Å². The van der Waals surface area contributed by atoms with E-state index in [0.29, 0.717) is 12.0 Å². The summed E-state index contributed by atoms with van der Waals surface area (Å²) >= 11 is 0. The third-order valence-corrected chi connectivity index (χ3v) is 2.94. The van der Waals surface area contributed by atoms with Gasteiger partial charge in [-0.3, -0.25) is 0 Å². The second-order valence-electron chi connectivity index (χ2n) is 5.48. The van der Waals surface area contributed by atoms with Crippen LogP contribution in [0.25, 0.3) is 0 Å². The lowest BCUT2D eigenvalue weighted by atomic mass is 9.87. The molecule has 1 aromatic rings. The van der Waals surface area contributed by atoms with Crippen LogP contribution in [0.2, 0.25) is 0 Å². The number of ether oxygens (including phenoxy) is 1. The highest BCUT2D eigenvalue weighted by Gasteiger charge is 2.13. The van der Waals surface area contributed by atoms with Crippen molar-refractivity contribution in [3.8, 4) is 5.75 Å². The highest BCUT2D eigenvalue weighted by Crippen LogP contribution is 2.25. The highest BCUT2D eigenvalue weighted by molar-refractivity contribution is 5.86. The molecule has 0 aliphatic rings.